The smallest absolute Gasteiger partial charge is 0.293 e. The van der Waals surface area contributed by atoms with Gasteiger partial charge in [0.05, 0.1) is 12.1 Å². The largest absolute Gasteiger partial charge is 0.391 e. The normalized spacial score (nSPS) is 23.9. The van der Waals surface area contributed by atoms with Gasteiger partial charge in [-0.05, 0) is 19.8 Å². The fourth-order valence-electron chi connectivity index (χ4n) is 2.63. The molecule has 1 fully saturated rings. The summed E-state index contributed by atoms with van der Waals surface area (Å²) in [6.45, 7) is 2.57. The van der Waals surface area contributed by atoms with Crippen molar-refractivity contribution in [3.05, 3.63) is 22.7 Å². The average molecular weight is 251 g/mol. The van der Waals surface area contributed by atoms with Gasteiger partial charge in [0.1, 0.15) is 0 Å². The molecule has 1 aromatic heterocycles. The Kier molecular flexibility index (Phi) is 4.01. The minimum absolute atomic E-state index is 0.00616. The average Bonchev–Trinajstić information content (AvgIpc) is 2.39. The minimum atomic E-state index is -0.361. The standard InChI is InChI=1S/C13H21N3O2/c1-3-16-9-8-14-12(13(16)18)15(2)10-6-4-5-7-11(10)17/h8-11,17H,3-7H2,1-2H3. The van der Waals surface area contributed by atoms with Crippen LogP contribution in [-0.4, -0.2) is 33.9 Å². The topological polar surface area (TPSA) is 58.4 Å². The fraction of sp³-hybridized carbons (Fsp3) is 0.692. The number of aliphatic hydroxyl groups is 1. The number of anilines is 1. The number of rotatable bonds is 3. The molecule has 1 aliphatic carbocycles. The number of hydrogen-bond acceptors (Lipinski definition) is 4. The van der Waals surface area contributed by atoms with E-state index in [2.05, 4.69) is 4.98 Å². The summed E-state index contributed by atoms with van der Waals surface area (Å²) in [5.74, 6) is 0.435. The van der Waals surface area contributed by atoms with Crippen molar-refractivity contribution in [2.75, 3.05) is 11.9 Å². The highest BCUT2D eigenvalue weighted by molar-refractivity contribution is 5.36. The first-order valence-corrected chi connectivity index (χ1v) is 6.61. The molecule has 1 aliphatic rings. The van der Waals surface area contributed by atoms with E-state index in [4.69, 9.17) is 0 Å². The number of hydrogen-bond donors (Lipinski definition) is 1. The predicted octanol–water partition coefficient (Wildman–Crippen LogP) is 1.00. The van der Waals surface area contributed by atoms with E-state index in [1.54, 1.807) is 17.0 Å². The van der Waals surface area contributed by atoms with Crippen LogP contribution in [0, 0.1) is 0 Å². The summed E-state index contributed by atoms with van der Waals surface area (Å²) in [7, 11) is 1.85. The van der Waals surface area contributed by atoms with E-state index in [0.29, 0.717) is 12.4 Å². The second-order valence-electron chi connectivity index (χ2n) is 4.87. The third-order valence-corrected chi connectivity index (χ3v) is 3.76. The third kappa shape index (κ3) is 2.41. The summed E-state index contributed by atoms with van der Waals surface area (Å²) in [5, 5.41) is 10.0. The molecule has 1 aromatic rings. The summed E-state index contributed by atoms with van der Waals surface area (Å²) < 4.78 is 1.63. The summed E-state index contributed by atoms with van der Waals surface area (Å²) in [4.78, 5) is 18.2. The van der Waals surface area contributed by atoms with Gasteiger partial charge in [0.2, 0.25) is 0 Å². The first-order chi connectivity index (χ1) is 8.65. The van der Waals surface area contributed by atoms with Crippen LogP contribution in [0.25, 0.3) is 0 Å². The fourth-order valence-corrected chi connectivity index (χ4v) is 2.63. The lowest BCUT2D eigenvalue weighted by Gasteiger charge is -2.35. The Morgan fingerprint density at radius 2 is 2.22 bits per heavy atom. The Balaban J connectivity index is 2.28. The number of aliphatic hydroxyl groups excluding tert-OH is 1. The maximum Gasteiger partial charge on any atom is 0.293 e. The Hall–Kier alpha value is -1.36. The van der Waals surface area contributed by atoms with Crippen LogP contribution in [0.2, 0.25) is 0 Å². The van der Waals surface area contributed by atoms with Gasteiger partial charge in [-0.25, -0.2) is 4.98 Å². The monoisotopic (exact) mass is 251 g/mol. The van der Waals surface area contributed by atoms with Gasteiger partial charge >= 0.3 is 0 Å². The molecule has 5 nitrogen and oxygen atoms in total. The zero-order chi connectivity index (χ0) is 13.1. The van der Waals surface area contributed by atoms with Gasteiger partial charge in [0.25, 0.3) is 5.56 Å². The molecule has 1 saturated carbocycles. The SMILES string of the molecule is CCn1ccnc(N(C)C2CCCCC2O)c1=O. The maximum absolute atomic E-state index is 12.2. The Labute approximate surface area is 107 Å². The number of aromatic nitrogens is 2. The van der Waals surface area contributed by atoms with Gasteiger partial charge in [-0.2, -0.15) is 0 Å². The van der Waals surface area contributed by atoms with E-state index >= 15 is 0 Å². The van der Waals surface area contributed by atoms with E-state index in [1.165, 1.54) is 0 Å². The highest BCUT2D eigenvalue weighted by Crippen LogP contribution is 2.23. The summed E-state index contributed by atoms with van der Waals surface area (Å²) in [5.41, 5.74) is -0.0831. The molecule has 1 heterocycles. The lowest BCUT2D eigenvalue weighted by atomic mass is 9.91. The van der Waals surface area contributed by atoms with E-state index in [9.17, 15) is 9.90 Å². The molecule has 2 atom stereocenters. The molecule has 0 saturated heterocycles. The van der Waals surface area contributed by atoms with E-state index in [1.807, 2.05) is 18.9 Å². The van der Waals surface area contributed by atoms with Crippen molar-refractivity contribution in [1.29, 1.82) is 0 Å². The summed E-state index contributed by atoms with van der Waals surface area (Å²) in [6.07, 6.45) is 6.86. The van der Waals surface area contributed by atoms with Crippen molar-refractivity contribution in [3.8, 4) is 0 Å². The molecule has 0 aromatic carbocycles. The summed E-state index contributed by atoms with van der Waals surface area (Å²) in [6, 6.07) is 0.00616. The second-order valence-corrected chi connectivity index (χ2v) is 4.87. The van der Waals surface area contributed by atoms with Crippen molar-refractivity contribution in [2.24, 2.45) is 0 Å². The van der Waals surface area contributed by atoms with Crippen molar-refractivity contribution >= 4 is 5.82 Å². The highest BCUT2D eigenvalue weighted by Gasteiger charge is 2.28. The van der Waals surface area contributed by atoms with Crippen LogP contribution in [0.3, 0.4) is 0 Å². The molecule has 1 N–H and O–H groups in total. The van der Waals surface area contributed by atoms with Gasteiger partial charge < -0.3 is 14.6 Å². The molecule has 18 heavy (non-hydrogen) atoms. The molecule has 0 radical (unpaired) electrons. The van der Waals surface area contributed by atoms with E-state index < -0.39 is 0 Å². The quantitative estimate of drug-likeness (QED) is 0.871. The zero-order valence-corrected chi connectivity index (χ0v) is 11.0. The molecule has 0 bridgehead atoms. The lowest BCUT2D eigenvalue weighted by molar-refractivity contribution is 0.106. The van der Waals surface area contributed by atoms with Crippen LogP contribution < -0.4 is 10.5 Å². The van der Waals surface area contributed by atoms with Crippen LogP contribution in [0.1, 0.15) is 32.6 Å². The van der Waals surface area contributed by atoms with Crippen molar-refractivity contribution < 1.29 is 5.11 Å². The Morgan fingerprint density at radius 1 is 1.50 bits per heavy atom. The Morgan fingerprint density at radius 3 is 2.89 bits per heavy atom. The van der Waals surface area contributed by atoms with Gasteiger partial charge in [0.15, 0.2) is 5.82 Å². The number of aryl methyl sites for hydroxylation is 1. The Bertz CT molecular complexity index is 458. The van der Waals surface area contributed by atoms with Gasteiger partial charge in [-0.3, -0.25) is 4.79 Å². The van der Waals surface area contributed by atoms with Crippen LogP contribution in [0.4, 0.5) is 5.82 Å². The molecule has 0 amide bonds. The maximum atomic E-state index is 12.2. The number of likely N-dealkylation sites (N-methyl/N-ethyl adjacent to an activating group) is 1. The first-order valence-electron chi connectivity index (χ1n) is 6.61. The second kappa shape index (κ2) is 5.52. The number of nitrogens with zero attached hydrogens (tertiary/aromatic N) is 3. The van der Waals surface area contributed by atoms with Gasteiger partial charge in [-0.1, -0.05) is 12.8 Å². The lowest BCUT2D eigenvalue weighted by Crippen LogP contribution is -2.46. The molecule has 5 heteroatoms. The zero-order valence-electron chi connectivity index (χ0n) is 11.0. The van der Waals surface area contributed by atoms with Crippen molar-refractivity contribution in [1.82, 2.24) is 9.55 Å². The van der Waals surface area contributed by atoms with E-state index in [0.717, 1.165) is 25.7 Å². The molecule has 2 unspecified atom stereocenters. The van der Waals surface area contributed by atoms with Crippen LogP contribution in [0.5, 0.6) is 0 Å². The van der Waals surface area contributed by atoms with Gasteiger partial charge in [0, 0.05) is 26.0 Å². The van der Waals surface area contributed by atoms with Crippen molar-refractivity contribution in [3.63, 3.8) is 0 Å². The highest BCUT2D eigenvalue weighted by atomic mass is 16.3. The predicted molar refractivity (Wildman–Crippen MR) is 70.8 cm³/mol. The third-order valence-electron chi connectivity index (χ3n) is 3.76. The molecule has 2 rings (SSSR count). The van der Waals surface area contributed by atoms with Crippen LogP contribution >= 0.6 is 0 Å². The van der Waals surface area contributed by atoms with Crippen LogP contribution in [-0.2, 0) is 6.54 Å². The first kappa shape index (κ1) is 13.1. The van der Waals surface area contributed by atoms with Gasteiger partial charge in [-0.15, -0.1) is 0 Å². The van der Waals surface area contributed by atoms with Crippen molar-refractivity contribution in [2.45, 2.75) is 51.3 Å². The molecular weight excluding hydrogens is 230 g/mol. The molecular formula is C13H21N3O2. The molecule has 0 spiro atoms. The minimum Gasteiger partial charge on any atom is -0.391 e. The molecule has 100 valence electrons. The van der Waals surface area contributed by atoms with Crippen LogP contribution in [0.15, 0.2) is 17.2 Å². The molecule has 0 aliphatic heterocycles. The summed E-state index contributed by atoms with van der Waals surface area (Å²) >= 11 is 0. The van der Waals surface area contributed by atoms with E-state index in [-0.39, 0.29) is 17.7 Å².